The van der Waals surface area contributed by atoms with Crippen LogP contribution < -0.4 is 10.2 Å². The van der Waals surface area contributed by atoms with Gasteiger partial charge in [0.15, 0.2) is 0 Å². The molecule has 1 aliphatic rings. The SMILES string of the molecule is CNC(C)c1ccc(N2CCCN(C)CC2)nc1. The molecule has 0 bridgehead atoms. The van der Waals surface area contributed by atoms with E-state index >= 15 is 0 Å². The third-order valence-electron chi connectivity index (χ3n) is 3.75. The Kier molecular flexibility index (Phi) is 4.55. The number of likely N-dealkylation sites (N-methyl/N-ethyl adjacent to an activating group) is 1. The molecule has 1 unspecified atom stereocenters. The maximum atomic E-state index is 4.61. The number of rotatable bonds is 3. The van der Waals surface area contributed by atoms with Crippen molar-refractivity contribution in [2.75, 3.05) is 45.2 Å². The quantitative estimate of drug-likeness (QED) is 0.878. The Balaban J connectivity index is 2.04. The third-order valence-corrected chi connectivity index (χ3v) is 3.75. The van der Waals surface area contributed by atoms with Crippen molar-refractivity contribution < 1.29 is 0 Å². The highest BCUT2D eigenvalue weighted by Gasteiger charge is 2.13. The van der Waals surface area contributed by atoms with Gasteiger partial charge in [-0.2, -0.15) is 0 Å². The Bertz CT molecular complexity index is 363. The van der Waals surface area contributed by atoms with E-state index in [1.54, 1.807) is 0 Å². The molecule has 18 heavy (non-hydrogen) atoms. The third kappa shape index (κ3) is 3.21. The molecule has 0 aromatic carbocycles. The molecule has 1 fully saturated rings. The monoisotopic (exact) mass is 248 g/mol. The van der Waals surface area contributed by atoms with Gasteiger partial charge in [-0.25, -0.2) is 4.98 Å². The first kappa shape index (κ1) is 13.3. The highest BCUT2D eigenvalue weighted by Crippen LogP contribution is 2.17. The standard InChI is InChI=1S/C14H24N4/c1-12(15-2)13-5-6-14(16-11-13)18-8-4-7-17(3)9-10-18/h5-6,11-12,15H,4,7-10H2,1-3H3. The van der Waals surface area contributed by atoms with Crippen LogP contribution >= 0.6 is 0 Å². The summed E-state index contributed by atoms with van der Waals surface area (Å²) in [4.78, 5) is 9.38. The van der Waals surface area contributed by atoms with Gasteiger partial charge < -0.3 is 15.1 Å². The first-order chi connectivity index (χ1) is 8.70. The minimum absolute atomic E-state index is 0.363. The Morgan fingerprint density at radius 1 is 1.22 bits per heavy atom. The lowest BCUT2D eigenvalue weighted by Gasteiger charge is -2.22. The van der Waals surface area contributed by atoms with Crippen molar-refractivity contribution in [2.24, 2.45) is 0 Å². The Morgan fingerprint density at radius 3 is 2.72 bits per heavy atom. The van der Waals surface area contributed by atoms with Crippen LogP contribution in [0.4, 0.5) is 5.82 Å². The summed E-state index contributed by atoms with van der Waals surface area (Å²) < 4.78 is 0. The van der Waals surface area contributed by atoms with E-state index in [9.17, 15) is 0 Å². The Labute approximate surface area is 110 Å². The van der Waals surface area contributed by atoms with Crippen LogP contribution in [0.25, 0.3) is 0 Å². The summed E-state index contributed by atoms with van der Waals surface area (Å²) >= 11 is 0. The summed E-state index contributed by atoms with van der Waals surface area (Å²) in [7, 11) is 4.16. The summed E-state index contributed by atoms with van der Waals surface area (Å²) in [6.45, 7) is 6.64. The zero-order valence-corrected chi connectivity index (χ0v) is 11.7. The van der Waals surface area contributed by atoms with Gasteiger partial charge >= 0.3 is 0 Å². The van der Waals surface area contributed by atoms with E-state index in [2.05, 4.69) is 46.2 Å². The molecule has 0 amide bonds. The predicted molar refractivity (Wildman–Crippen MR) is 76.0 cm³/mol. The summed E-state index contributed by atoms with van der Waals surface area (Å²) in [6.07, 6.45) is 3.21. The minimum atomic E-state index is 0.363. The summed E-state index contributed by atoms with van der Waals surface area (Å²) in [5.41, 5.74) is 1.24. The second-order valence-corrected chi connectivity index (χ2v) is 5.10. The average Bonchev–Trinajstić information content (AvgIpc) is 2.63. The molecule has 0 aliphatic carbocycles. The fourth-order valence-electron chi connectivity index (χ4n) is 2.28. The van der Waals surface area contributed by atoms with Crippen molar-refractivity contribution in [1.82, 2.24) is 15.2 Å². The zero-order valence-electron chi connectivity index (χ0n) is 11.7. The Morgan fingerprint density at radius 2 is 2.06 bits per heavy atom. The molecule has 1 saturated heterocycles. The topological polar surface area (TPSA) is 31.4 Å². The molecular weight excluding hydrogens is 224 g/mol. The summed E-state index contributed by atoms with van der Waals surface area (Å²) in [6, 6.07) is 4.69. The van der Waals surface area contributed by atoms with Gasteiger partial charge in [-0.05, 0) is 45.6 Å². The lowest BCUT2D eigenvalue weighted by molar-refractivity contribution is 0.360. The van der Waals surface area contributed by atoms with Crippen LogP contribution in [0.5, 0.6) is 0 Å². The van der Waals surface area contributed by atoms with Crippen molar-refractivity contribution in [3.63, 3.8) is 0 Å². The largest absolute Gasteiger partial charge is 0.355 e. The van der Waals surface area contributed by atoms with E-state index < -0.39 is 0 Å². The molecule has 1 N–H and O–H groups in total. The maximum Gasteiger partial charge on any atom is 0.128 e. The van der Waals surface area contributed by atoms with Crippen molar-refractivity contribution in [1.29, 1.82) is 0 Å². The van der Waals surface area contributed by atoms with Gasteiger partial charge in [-0.1, -0.05) is 6.07 Å². The van der Waals surface area contributed by atoms with Crippen LogP contribution in [0.15, 0.2) is 18.3 Å². The molecule has 0 saturated carbocycles. The zero-order chi connectivity index (χ0) is 13.0. The molecule has 2 rings (SSSR count). The van der Waals surface area contributed by atoms with Gasteiger partial charge in [-0.3, -0.25) is 0 Å². The number of anilines is 1. The number of hydrogen-bond donors (Lipinski definition) is 1. The first-order valence-electron chi connectivity index (χ1n) is 6.77. The van der Waals surface area contributed by atoms with Crippen LogP contribution in [0.2, 0.25) is 0 Å². The molecule has 4 nitrogen and oxygen atoms in total. The summed E-state index contributed by atoms with van der Waals surface area (Å²) in [5.74, 6) is 1.11. The van der Waals surface area contributed by atoms with Gasteiger partial charge in [0.05, 0.1) is 0 Å². The van der Waals surface area contributed by atoms with Crippen LogP contribution in [0.1, 0.15) is 24.9 Å². The molecule has 2 heterocycles. The number of hydrogen-bond acceptors (Lipinski definition) is 4. The number of pyridine rings is 1. The average molecular weight is 248 g/mol. The van der Waals surface area contributed by atoms with Crippen molar-refractivity contribution in [3.8, 4) is 0 Å². The maximum absolute atomic E-state index is 4.61. The second-order valence-electron chi connectivity index (χ2n) is 5.10. The van der Waals surface area contributed by atoms with Gasteiger partial charge in [0, 0.05) is 31.9 Å². The number of nitrogens with one attached hydrogen (secondary N) is 1. The van der Waals surface area contributed by atoms with E-state index in [1.165, 1.54) is 18.5 Å². The fraction of sp³-hybridized carbons (Fsp3) is 0.643. The van der Waals surface area contributed by atoms with Crippen molar-refractivity contribution in [2.45, 2.75) is 19.4 Å². The Hall–Kier alpha value is -1.13. The van der Waals surface area contributed by atoms with Gasteiger partial charge in [-0.15, -0.1) is 0 Å². The summed E-state index contributed by atoms with van der Waals surface area (Å²) in [5, 5.41) is 3.24. The molecule has 1 atom stereocenters. The minimum Gasteiger partial charge on any atom is -0.355 e. The van der Waals surface area contributed by atoms with Crippen LogP contribution in [-0.2, 0) is 0 Å². The molecule has 0 radical (unpaired) electrons. The molecule has 4 heteroatoms. The van der Waals surface area contributed by atoms with Gasteiger partial charge in [0.2, 0.25) is 0 Å². The van der Waals surface area contributed by atoms with Crippen LogP contribution in [0, 0.1) is 0 Å². The van der Waals surface area contributed by atoms with E-state index in [0.29, 0.717) is 6.04 Å². The van der Waals surface area contributed by atoms with Crippen molar-refractivity contribution >= 4 is 5.82 Å². The second kappa shape index (κ2) is 6.16. The van der Waals surface area contributed by atoms with Gasteiger partial charge in [0.1, 0.15) is 5.82 Å². The molecule has 1 aromatic heterocycles. The van der Waals surface area contributed by atoms with E-state index in [4.69, 9.17) is 0 Å². The first-order valence-corrected chi connectivity index (χ1v) is 6.77. The molecule has 1 aliphatic heterocycles. The normalized spacial score (nSPS) is 19.6. The fourth-order valence-corrected chi connectivity index (χ4v) is 2.28. The van der Waals surface area contributed by atoms with Crippen molar-refractivity contribution in [3.05, 3.63) is 23.9 Å². The smallest absolute Gasteiger partial charge is 0.128 e. The number of nitrogens with zero attached hydrogens (tertiary/aromatic N) is 3. The molecule has 100 valence electrons. The molecule has 1 aromatic rings. The lowest BCUT2D eigenvalue weighted by Crippen LogP contribution is -2.29. The van der Waals surface area contributed by atoms with E-state index in [1.807, 2.05) is 13.2 Å². The van der Waals surface area contributed by atoms with Crippen LogP contribution in [-0.4, -0.2) is 50.2 Å². The molecular formula is C14H24N4. The predicted octanol–water partition coefficient (Wildman–Crippen LogP) is 1.50. The van der Waals surface area contributed by atoms with Gasteiger partial charge in [0.25, 0.3) is 0 Å². The van der Waals surface area contributed by atoms with Crippen LogP contribution in [0.3, 0.4) is 0 Å². The number of aromatic nitrogens is 1. The highest BCUT2D eigenvalue weighted by molar-refractivity contribution is 5.40. The lowest BCUT2D eigenvalue weighted by atomic mass is 10.1. The van der Waals surface area contributed by atoms with E-state index in [0.717, 1.165) is 25.5 Å². The molecule has 0 spiro atoms. The highest BCUT2D eigenvalue weighted by atomic mass is 15.2. The van der Waals surface area contributed by atoms with E-state index in [-0.39, 0.29) is 0 Å².